The number of benzene rings is 1. The summed E-state index contributed by atoms with van der Waals surface area (Å²) in [7, 11) is 0. The molecule has 2 heterocycles. The molecule has 104 valence electrons. The molecule has 21 heavy (non-hydrogen) atoms. The summed E-state index contributed by atoms with van der Waals surface area (Å²) in [5.74, 6) is 1.27. The standard InChI is InChI=1S/C16H15N5/c1-2-11-9-6-10-18-13(11)15-19-14(20-16(17)21-15)12-7-4-3-5-8-12/h3-10H,2H2,1H3,(H2,17,19,20,21). The second-order valence-electron chi connectivity index (χ2n) is 4.57. The predicted molar refractivity (Wildman–Crippen MR) is 82.3 cm³/mol. The van der Waals surface area contributed by atoms with Gasteiger partial charge in [0.2, 0.25) is 5.95 Å². The first-order chi connectivity index (χ1) is 10.3. The van der Waals surface area contributed by atoms with Crippen LogP contribution in [-0.2, 0) is 6.42 Å². The van der Waals surface area contributed by atoms with E-state index in [0.29, 0.717) is 11.6 Å². The molecule has 0 aliphatic rings. The molecule has 0 saturated carbocycles. The molecule has 0 spiro atoms. The van der Waals surface area contributed by atoms with Gasteiger partial charge in [0.15, 0.2) is 11.6 Å². The maximum atomic E-state index is 5.84. The summed E-state index contributed by atoms with van der Waals surface area (Å²) in [5.41, 5.74) is 8.58. The molecular formula is C16H15N5. The summed E-state index contributed by atoms with van der Waals surface area (Å²) in [6.45, 7) is 2.07. The maximum Gasteiger partial charge on any atom is 0.224 e. The summed E-state index contributed by atoms with van der Waals surface area (Å²) in [6.07, 6.45) is 2.59. The van der Waals surface area contributed by atoms with Gasteiger partial charge >= 0.3 is 0 Å². The van der Waals surface area contributed by atoms with Crippen molar-refractivity contribution >= 4 is 5.95 Å². The summed E-state index contributed by atoms with van der Waals surface area (Å²) in [4.78, 5) is 17.3. The van der Waals surface area contributed by atoms with E-state index in [9.17, 15) is 0 Å². The molecule has 5 heteroatoms. The number of anilines is 1. The van der Waals surface area contributed by atoms with Crippen LogP contribution >= 0.6 is 0 Å². The Labute approximate surface area is 122 Å². The average Bonchev–Trinajstić information content (AvgIpc) is 2.55. The fraction of sp³-hybridized carbons (Fsp3) is 0.125. The summed E-state index contributed by atoms with van der Waals surface area (Å²) < 4.78 is 0. The van der Waals surface area contributed by atoms with Crippen LogP contribution in [0.3, 0.4) is 0 Å². The molecule has 0 radical (unpaired) electrons. The second kappa shape index (κ2) is 5.66. The summed E-state index contributed by atoms with van der Waals surface area (Å²) in [6, 6.07) is 13.6. The van der Waals surface area contributed by atoms with Gasteiger partial charge in [-0.3, -0.25) is 4.98 Å². The number of aryl methyl sites for hydroxylation is 1. The Bertz CT molecular complexity index is 756. The highest BCUT2D eigenvalue weighted by molar-refractivity contribution is 5.62. The lowest BCUT2D eigenvalue weighted by atomic mass is 10.1. The first-order valence-corrected chi connectivity index (χ1v) is 6.79. The highest BCUT2D eigenvalue weighted by Gasteiger charge is 2.12. The minimum absolute atomic E-state index is 0.201. The van der Waals surface area contributed by atoms with Gasteiger partial charge in [0.25, 0.3) is 0 Å². The lowest BCUT2D eigenvalue weighted by Gasteiger charge is -2.07. The lowest BCUT2D eigenvalue weighted by Crippen LogP contribution is -2.04. The van der Waals surface area contributed by atoms with Crippen LogP contribution in [0, 0.1) is 0 Å². The monoisotopic (exact) mass is 277 g/mol. The number of nitrogen functional groups attached to an aromatic ring is 1. The highest BCUT2D eigenvalue weighted by Crippen LogP contribution is 2.22. The Morgan fingerprint density at radius 3 is 2.43 bits per heavy atom. The molecule has 0 unspecified atom stereocenters. The fourth-order valence-corrected chi connectivity index (χ4v) is 2.14. The van der Waals surface area contributed by atoms with E-state index < -0.39 is 0 Å². The van der Waals surface area contributed by atoms with Crippen molar-refractivity contribution in [1.82, 2.24) is 19.9 Å². The Morgan fingerprint density at radius 2 is 1.67 bits per heavy atom. The molecule has 0 fully saturated rings. The number of nitrogens with two attached hydrogens (primary N) is 1. The maximum absolute atomic E-state index is 5.84. The van der Waals surface area contributed by atoms with Crippen molar-refractivity contribution in [3.05, 3.63) is 54.2 Å². The van der Waals surface area contributed by atoms with Crippen LogP contribution in [0.2, 0.25) is 0 Å². The van der Waals surface area contributed by atoms with Gasteiger partial charge in [-0.1, -0.05) is 43.3 Å². The number of rotatable bonds is 3. The van der Waals surface area contributed by atoms with Crippen molar-refractivity contribution in [3.63, 3.8) is 0 Å². The van der Waals surface area contributed by atoms with Crippen LogP contribution in [0.25, 0.3) is 22.9 Å². The van der Waals surface area contributed by atoms with Gasteiger partial charge in [-0.25, -0.2) is 4.98 Å². The van der Waals surface area contributed by atoms with E-state index in [1.165, 1.54) is 0 Å². The third-order valence-corrected chi connectivity index (χ3v) is 3.17. The molecule has 0 bridgehead atoms. The van der Waals surface area contributed by atoms with E-state index in [0.717, 1.165) is 23.2 Å². The lowest BCUT2D eigenvalue weighted by molar-refractivity contribution is 1.03. The molecule has 2 N–H and O–H groups in total. The van der Waals surface area contributed by atoms with Gasteiger partial charge in [0, 0.05) is 11.8 Å². The van der Waals surface area contributed by atoms with Gasteiger partial charge < -0.3 is 5.73 Å². The smallest absolute Gasteiger partial charge is 0.224 e. The van der Waals surface area contributed by atoms with E-state index in [4.69, 9.17) is 5.73 Å². The molecule has 0 aliphatic carbocycles. The quantitative estimate of drug-likeness (QED) is 0.796. The Balaban J connectivity index is 2.14. The minimum Gasteiger partial charge on any atom is -0.368 e. The first-order valence-electron chi connectivity index (χ1n) is 6.79. The minimum atomic E-state index is 0.201. The molecule has 0 aliphatic heterocycles. The van der Waals surface area contributed by atoms with Crippen molar-refractivity contribution in [1.29, 1.82) is 0 Å². The molecule has 3 aromatic rings. The van der Waals surface area contributed by atoms with Gasteiger partial charge in [-0.15, -0.1) is 0 Å². The molecule has 5 nitrogen and oxygen atoms in total. The van der Waals surface area contributed by atoms with Gasteiger partial charge in [-0.2, -0.15) is 9.97 Å². The average molecular weight is 277 g/mol. The highest BCUT2D eigenvalue weighted by atomic mass is 15.1. The van der Waals surface area contributed by atoms with E-state index >= 15 is 0 Å². The van der Waals surface area contributed by atoms with Gasteiger partial charge in [0.05, 0.1) is 0 Å². The normalized spacial score (nSPS) is 10.5. The molecule has 3 rings (SSSR count). The predicted octanol–water partition coefficient (Wildman–Crippen LogP) is 2.75. The number of nitrogens with zero attached hydrogens (tertiary/aromatic N) is 4. The number of hydrogen-bond donors (Lipinski definition) is 1. The van der Waals surface area contributed by atoms with Crippen molar-refractivity contribution in [2.75, 3.05) is 5.73 Å². The van der Waals surface area contributed by atoms with Crippen LogP contribution in [0.1, 0.15) is 12.5 Å². The topological polar surface area (TPSA) is 77.6 Å². The van der Waals surface area contributed by atoms with Crippen LogP contribution in [0.4, 0.5) is 5.95 Å². The molecule has 2 aromatic heterocycles. The molecule has 0 saturated heterocycles. The van der Waals surface area contributed by atoms with E-state index in [-0.39, 0.29) is 5.95 Å². The summed E-state index contributed by atoms with van der Waals surface area (Å²) >= 11 is 0. The van der Waals surface area contributed by atoms with Crippen LogP contribution in [-0.4, -0.2) is 19.9 Å². The largest absolute Gasteiger partial charge is 0.368 e. The van der Waals surface area contributed by atoms with Gasteiger partial charge in [-0.05, 0) is 18.1 Å². The van der Waals surface area contributed by atoms with Crippen LogP contribution in [0.5, 0.6) is 0 Å². The van der Waals surface area contributed by atoms with E-state index in [1.807, 2.05) is 42.5 Å². The molecule has 0 amide bonds. The Kier molecular flexibility index (Phi) is 3.55. The fourth-order valence-electron chi connectivity index (χ4n) is 2.14. The van der Waals surface area contributed by atoms with Crippen LogP contribution < -0.4 is 5.73 Å². The third kappa shape index (κ3) is 2.72. The van der Waals surface area contributed by atoms with Crippen molar-refractivity contribution in [3.8, 4) is 22.9 Å². The SMILES string of the molecule is CCc1cccnc1-c1nc(N)nc(-c2ccccc2)n1. The van der Waals surface area contributed by atoms with Crippen molar-refractivity contribution < 1.29 is 0 Å². The zero-order valence-corrected chi connectivity index (χ0v) is 11.7. The van der Waals surface area contributed by atoms with Gasteiger partial charge in [0.1, 0.15) is 5.69 Å². The first kappa shape index (κ1) is 13.2. The van der Waals surface area contributed by atoms with Crippen LogP contribution in [0.15, 0.2) is 48.7 Å². The Hall–Kier alpha value is -2.82. The van der Waals surface area contributed by atoms with E-state index in [2.05, 4.69) is 26.9 Å². The zero-order chi connectivity index (χ0) is 14.7. The number of pyridine rings is 1. The number of aromatic nitrogens is 4. The molecular weight excluding hydrogens is 262 g/mol. The molecule has 0 atom stereocenters. The zero-order valence-electron chi connectivity index (χ0n) is 11.7. The third-order valence-electron chi connectivity index (χ3n) is 3.17. The van der Waals surface area contributed by atoms with Crippen molar-refractivity contribution in [2.24, 2.45) is 0 Å². The Morgan fingerprint density at radius 1 is 0.905 bits per heavy atom. The number of hydrogen-bond acceptors (Lipinski definition) is 5. The van der Waals surface area contributed by atoms with E-state index in [1.54, 1.807) is 6.20 Å². The molecule has 1 aromatic carbocycles. The summed E-state index contributed by atoms with van der Waals surface area (Å²) in [5, 5.41) is 0. The second-order valence-corrected chi connectivity index (χ2v) is 4.57. The van der Waals surface area contributed by atoms with Crippen molar-refractivity contribution in [2.45, 2.75) is 13.3 Å².